The second-order valence-electron chi connectivity index (χ2n) is 8.56. The Kier molecular flexibility index (Phi) is 5.07. The van der Waals surface area contributed by atoms with E-state index < -0.39 is 5.60 Å². The molecule has 0 radical (unpaired) electrons. The van der Waals surface area contributed by atoms with Crippen LogP contribution in [0, 0.1) is 0 Å². The maximum absolute atomic E-state index is 10.2. The molecule has 0 saturated carbocycles. The van der Waals surface area contributed by atoms with E-state index in [1.165, 1.54) is 0 Å². The molecule has 0 saturated heterocycles. The Balaban J connectivity index is 1.69. The SMILES string of the molecule is CC(C)c1cnn2c(NCc3nc4ccccc4[nH]3)nc(N(C)CC(C)(C)O)nc12. The van der Waals surface area contributed by atoms with E-state index >= 15 is 0 Å². The van der Waals surface area contributed by atoms with Crippen molar-refractivity contribution >= 4 is 28.6 Å². The molecule has 1 aromatic carbocycles. The molecule has 0 fully saturated rings. The molecule has 3 aromatic heterocycles. The molecular formula is C21H28N8O. The molecule has 9 heteroatoms. The van der Waals surface area contributed by atoms with Crippen LogP contribution in [0.4, 0.5) is 11.9 Å². The maximum atomic E-state index is 10.2. The second-order valence-corrected chi connectivity index (χ2v) is 8.56. The minimum Gasteiger partial charge on any atom is -0.389 e. The van der Waals surface area contributed by atoms with Gasteiger partial charge in [0.05, 0.1) is 29.4 Å². The van der Waals surface area contributed by atoms with E-state index in [0.717, 1.165) is 28.1 Å². The summed E-state index contributed by atoms with van der Waals surface area (Å²) in [6.45, 7) is 8.62. The summed E-state index contributed by atoms with van der Waals surface area (Å²) in [5.41, 5.74) is 2.85. The number of imidazole rings is 1. The van der Waals surface area contributed by atoms with E-state index in [-0.39, 0.29) is 5.92 Å². The zero-order chi connectivity index (χ0) is 21.5. The Hall–Kier alpha value is -3.20. The molecule has 3 N–H and O–H groups in total. The number of nitrogens with zero attached hydrogens (tertiary/aromatic N) is 6. The van der Waals surface area contributed by atoms with Crippen LogP contribution in [0.15, 0.2) is 30.5 Å². The number of aliphatic hydroxyl groups is 1. The Morgan fingerprint density at radius 2 is 1.97 bits per heavy atom. The molecule has 4 rings (SSSR count). The number of hydrogen-bond donors (Lipinski definition) is 3. The lowest BCUT2D eigenvalue weighted by Crippen LogP contribution is -2.37. The average molecular weight is 409 g/mol. The summed E-state index contributed by atoms with van der Waals surface area (Å²) in [6.07, 6.45) is 1.83. The molecule has 3 heterocycles. The summed E-state index contributed by atoms with van der Waals surface area (Å²) < 4.78 is 1.72. The van der Waals surface area contributed by atoms with Crippen molar-refractivity contribution in [2.75, 3.05) is 23.8 Å². The van der Waals surface area contributed by atoms with Gasteiger partial charge in [-0.15, -0.1) is 0 Å². The predicted molar refractivity (Wildman–Crippen MR) is 118 cm³/mol. The molecule has 9 nitrogen and oxygen atoms in total. The van der Waals surface area contributed by atoms with Gasteiger partial charge >= 0.3 is 0 Å². The number of fused-ring (bicyclic) bond motifs is 2. The number of H-pyrrole nitrogens is 1. The van der Waals surface area contributed by atoms with Crippen LogP contribution in [0.3, 0.4) is 0 Å². The maximum Gasteiger partial charge on any atom is 0.230 e. The molecule has 30 heavy (non-hydrogen) atoms. The zero-order valence-corrected chi connectivity index (χ0v) is 18.0. The van der Waals surface area contributed by atoms with Crippen molar-refractivity contribution in [3.63, 3.8) is 0 Å². The van der Waals surface area contributed by atoms with Crippen molar-refractivity contribution in [1.29, 1.82) is 0 Å². The van der Waals surface area contributed by atoms with Crippen molar-refractivity contribution in [2.24, 2.45) is 0 Å². The van der Waals surface area contributed by atoms with E-state index in [1.807, 2.05) is 42.4 Å². The van der Waals surface area contributed by atoms with Gasteiger partial charge in [-0.05, 0) is 31.9 Å². The number of aromatic amines is 1. The van der Waals surface area contributed by atoms with Gasteiger partial charge in [0.2, 0.25) is 11.9 Å². The quantitative estimate of drug-likeness (QED) is 0.431. The van der Waals surface area contributed by atoms with E-state index in [0.29, 0.717) is 25.0 Å². The zero-order valence-electron chi connectivity index (χ0n) is 18.0. The van der Waals surface area contributed by atoms with Crippen molar-refractivity contribution in [3.05, 3.63) is 41.9 Å². The van der Waals surface area contributed by atoms with Gasteiger partial charge in [0.25, 0.3) is 0 Å². The number of para-hydroxylation sites is 2. The molecule has 0 unspecified atom stereocenters. The normalized spacial score (nSPS) is 12.2. The summed E-state index contributed by atoms with van der Waals surface area (Å²) >= 11 is 0. The van der Waals surface area contributed by atoms with Crippen molar-refractivity contribution in [2.45, 2.75) is 45.8 Å². The number of nitrogens with one attached hydrogen (secondary N) is 2. The van der Waals surface area contributed by atoms with Crippen LogP contribution in [-0.4, -0.2) is 53.9 Å². The van der Waals surface area contributed by atoms with Gasteiger partial charge < -0.3 is 20.3 Å². The Morgan fingerprint density at radius 3 is 2.67 bits per heavy atom. The highest BCUT2D eigenvalue weighted by atomic mass is 16.3. The summed E-state index contributed by atoms with van der Waals surface area (Å²) in [5.74, 6) is 2.18. The first-order valence-electron chi connectivity index (χ1n) is 10.1. The molecule has 0 aliphatic rings. The van der Waals surface area contributed by atoms with Crippen molar-refractivity contribution < 1.29 is 5.11 Å². The fraction of sp³-hybridized carbons (Fsp3) is 0.429. The molecular weight excluding hydrogens is 380 g/mol. The summed E-state index contributed by atoms with van der Waals surface area (Å²) in [7, 11) is 1.87. The number of likely N-dealkylation sites (N-methyl/N-ethyl adjacent to an activating group) is 1. The van der Waals surface area contributed by atoms with Crippen molar-refractivity contribution in [3.8, 4) is 0 Å². The van der Waals surface area contributed by atoms with E-state index in [4.69, 9.17) is 4.98 Å². The van der Waals surface area contributed by atoms with Crippen LogP contribution in [0.5, 0.6) is 0 Å². The highest BCUT2D eigenvalue weighted by Crippen LogP contribution is 2.24. The third-order valence-electron chi connectivity index (χ3n) is 4.82. The van der Waals surface area contributed by atoms with Gasteiger partial charge in [0.1, 0.15) is 5.82 Å². The minimum absolute atomic E-state index is 0.271. The third kappa shape index (κ3) is 4.06. The number of hydrogen-bond acceptors (Lipinski definition) is 7. The molecule has 0 bridgehead atoms. The third-order valence-corrected chi connectivity index (χ3v) is 4.82. The van der Waals surface area contributed by atoms with Crippen LogP contribution in [0.1, 0.15) is 45.0 Å². The number of benzene rings is 1. The highest BCUT2D eigenvalue weighted by molar-refractivity contribution is 5.74. The van der Waals surface area contributed by atoms with Crippen LogP contribution in [-0.2, 0) is 6.54 Å². The molecule has 0 amide bonds. The van der Waals surface area contributed by atoms with E-state index in [9.17, 15) is 5.11 Å². The largest absolute Gasteiger partial charge is 0.389 e. The fourth-order valence-corrected chi connectivity index (χ4v) is 3.48. The number of aromatic nitrogens is 6. The van der Waals surface area contributed by atoms with Gasteiger partial charge in [0, 0.05) is 19.2 Å². The smallest absolute Gasteiger partial charge is 0.230 e. The van der Waals surface area contributed by atoms with E-state index in [2.05, 4.69) is 39.2 Å². The molecule has 0 atom stereocenters. The Morgan fingerprint density at radius 1 is 1.20 bits per heavy atom. The molecule has 158 valence electrons. The van der Waals surface area contributed by atoms with Gasteiger partial charge in [-0.2, -0.15) is 19.6 Å². The first-order chi connectivity index (χ1) is 14.2. The highest BCUT2D eigenvalue weighted by Gasteiger charge is 2.21. The number of rotatable bonds is 7. The first kappa shape index (κ1) is 20.1. The van der Waals surface area contributed by atoms with Gasteiger partial charge in [0.15, 0.2) is 5.65 Å². The van der Waals surface area contributed by atoms with Crippen LogP contribution < -0.4 is 10.2 Å². The standard InChI is InChI=1S/C21H28N8O/c1-13(2)14-10-23-29-18(14)26-20(28(5)12-21(3,4)30)27-19(29)22-11-17-24-15-8-6-7-9-16(15)25-17/h6-10,13,30H,11-12H2,1-5H3,(H,24,25)(H,22,26,27). The molecule has 0 aliphatic heterocycles. The summed E-state index contributed by atoms with van der Waals surface area (Å²) in [4.78, 5) is 19.2. The molecule has 4 aromatic rings. The lowest BCUT2D eigenvalue weighted by atomic mass is 10.1. The predicted octanol–water partition coefficient (Wildman–Crippen LogP) is 2.94. The van der Waals surface area contributed by atoms with Gasteiger partial charge in [-0.1, -0.05) is 26.0 Å². The lowest BCUT2D eigenvalue weighted by Gasteiger charge is -2.26. The van der Waals surface area contributed by atoms with E-state index in [1.54, 1.807) is 18.4 Å². The van der Waals surface area contributed by atoms with Gasteiger partial charge in [-0.3, -0.25) is 0 Å². The lowest BCUT2D eigenvalue weighted by molar-refractivity contribution is 0.0883. The molecule has 0 spiro atoms. The van der Waals surface area contributed by atoms with Crippen LogP contribution in [0.25, 0.3) is 16.7 Å². The van der Waals surface area contributed by atoms with Crippen LogP contribution >= 0.6 is 0 Å². The monoisotopic (exact) mass is 408 g/mol. The average Bonchev–Trinajstić information content (AvgIpc) is 3.28. The Labute approximate surface area is 175 Å². The van der Waals surface area contributed by atoms with Gasteiger partial charge in [-0.25, -0.2) is 4.98 Å². The summed E-state index contributed by atoms with van der Waals surface area (Å²) in [6, 6.07) is 7.93. The first-order valence-corrected chi connectivity index (χ1v) is 10.1. The second kappa shape index (κ2) is 7.56. The minimum atomic E-state index is -0.868. The number of anilines is 2. The Bertz CT molecular complexity index is 1140. The molecule has 0 aliphatic carbocycles. The van der Waals surface area contributed by atoms with Crippen molar-refractivity contribution in [1.82, 2.24) is 29.5 Å². The summed E-state index contributed by atoms with van der Waals surface area (Å²) in [5, 5.41) is 18.1. The topological polar surface area (TPSA) is 107 Å². The fourth-order valence-electron chi connectivity index (χ4n) is 3.48. The van der Waals surface area contributed by atoms with Crippen LogP contribution in [0.2, 0.25) is 0 Å².